The summed E-state index contributed by atoms with van der Waals surface area (Å²) >= 11 is 0. The van der Waals surface area contributed by atoms with E-state index in [1.165, 1.54) is 0 Å². The zero-order valence-corrected chi connectivity index (χ0v) is 14.7. The van der Waals surface area contributed by atoms with Crippen LogP contribution in [0.2, 0.25) is 0 Å². The van der Waals surface area contributed by atoms with Crippen LogP contribution in [0, 0.1) is 17.2 Å². The first-order valence-electron chi connectivity index (χ1n) is 8.37. The predicted molar refractivity (Wildman–Crippen MR) is 91.6 cm³/mol. The fraction of sp³-hybridized carbons (Fsp3) is 0.625. The van der Waals surface area contributed by atoms with Crippen LogP contribution in [0.3, 0.4) is 0 Å². The summed E-state index contributed by atoms with van der Waals surface area (Å²) in [4.78, 5) is 6.33. The van der Waals surface area contributed by atoms with Crippen LogP contribution >= 0.6 is 0 Å². The number of pyridine rings is 1. The Morgan fingerprint density at radius 1 is 1.21 bits per heavy atom. The van der Waals surface area contributed by atoms with E-state index < -0.39 is 10.2 Å². The fourth-order valence-electron chi connectivity index (χ4n) is 3.33. The molecule has 0 aliphatic carbocycles. The number of nitriles is 1. The summed E-state index contributed by atoms with van der Waals surface area (Å²) in [5.41, 5.74) is 0.567. The first kappa shape index (κ1) is 17.1. The van der Waals surface area contributed by atoms with Crippen LogP contribution in [-0.2, 0) is 10.2 Å². The number of piperazine rings is 1. The Bertz CT molecular complexity index is 722. The molecule has 1 unspecified atom stereocenters. The second-order valence-corrected chi connectivity index (χ2v) is 8.44. The molecule has 2 fully saturated rings. The zero-order valence-electron chi connectivity index (χ0n) is 13.9. The fourth-order valence-corrected chi connectivity index (χ4v) is 5.08. The standard InChI is InChI=1S/C16H23N5O2S/c1-14-3-2-6-21(13-14)24(22,23)20-9-7-19(8-10-20)16-11-15(12-17)4-5-18-16/h4-5,11,14H,2-3,6-10,13H2,1H3. The topological polar surface area (TPSA) is 80.5 Å². The normalized spacial score (nSPS) is 23.8. The zero-order chi connectivity index (χ0) is 17.2. The quantitative estimate of drug-likeness (QED) is 0.815. The van der Waals surface area contributed by atoms with Gasteiger partial charge in [0.25, 0.3) is 10.2 Å². The Labute approximate surface area is 143 Å². The monoisotopic (exact) mass is 349 g/mol. The summed E-state index contributed by atoms with van der Waals surface area (Å²) in [5, 5.41) is 8.99. The Morgan fingerprint density at radius 3 is 2.62 bits per heavy atom. The molecule has 0 N–H and O–H groups in total. The summed E-state index contributed by atoms with van der Waals surface area (Å²) in [5.74, 6) is 1.16. The van der Waals surface area contributed by atoms with Gasteiger partial charge in [0.15, 0.2) is 0 Å². The molecule has 2 aliphatic heterocycles. The van der Waals surface area contributed by atoms with Crippen molar-refractivity contribution in [3.63, 3.8) is 0 Å². The first-order chi connectivity index (χ1) is 11.5. The molecule has 7 nitrogen and oxygen atoms in total. The maximum Gasteiger partial charge on any atom is 0.282 e. The second-order valence-electron chi connectivity index (χ2n) is 6.51. The van der Waals surface area contributed by atoms with E-state index in [-0.39, 0.29) is 0 Å². The SMILES string of the molecule is CC1CCCN(S(=O)(=O)N2CCN(c3cc(C#N)ccn3)CC2)C1. The number of piperidine rings is 1. The number of hydrogen-bond donors (Lipinski definition) is 0. The predicted octanol–water partition coefficient (Wildman–Crippen LogP) is 1.05. The minimum absolute atomic E-state index is 0.424. The lowest BCUT2D eigenvalue weighted by molar-refractivity contribution is 0.254. The molecular weight excluding hydrogens is 326 g/mol. The molecule has 0 saturated carbocycles. The van der Waals surface area contributed by atoms with Crippen LogP contribution in [0.1, 0.15) is 25.3 Å². The Kier molecular flexibility index (Phi) is 5.04. The molecule has 2 saturated heterocycles. The third-order valence-corrected chi connectivity index (χ3v) is 6.71. The van der Waals surface area contributed by atoms with E-state index in [1.54, 1.807) is 26.9 Å². The first-order valence-corrected chi connectivity index (χ1v) is 9.77. The molecule has 2 aliphatic rings. The Balaban J connectivity index is 1.65. The highest BCUT2D eigenvalue weighted by Gasteiger charge is 2.34. The van der Waals surface area contributed by atoms with Crippen LogP contribution < -0.4 is 4.90 Å². The van der Waals surface area contributed by atoms with Gasteiger partial charge >= 0.3 is 0 Å². The molecule has 1 aromatic rings. The lowest BCUT2D eigenvalue weighted by Crippen LogP contribution is -2.54. The van der Waals surface area contributed by atoms with Crippen molar-refractivity contribution in [2.24, 2.45) is 5.92 Å². The molecule has 0 bridgehead atoms. The van der Waals surface area contributed by atoms with Crippen molar-refractivity contribution < 1.29 is 8.42 Å². The van der Waals surface area contributed by atoms with Gasteiger partial charge in [-0.2, -0.15) is 22.3 Å². The molecule has 0 amide bonds. The number of nitrogens with zero attached hydrogens (tertiary/aromatic N) is 5. The molecule has 8 heteroatoms. The van der Waals surface area contributed by atoms with Crippen molar-refractivity contribution in [3.05, 3.63) is 23.9 Å². The van der Waals surface area contributed by atoms with Gasteiger partial charge in [0.1, 0.15) is 5.82 Å². The van der Waals surface area contributed by atoms with E-state index in [0.717, 1.165) is 18.7 Å². The van der Waals surface area contributed by atoms with E-state index in [9.17, 15) is 8.42 Å². The van der Waals surface area contributed by atoms with Crippen molar-refractivity contribution in [2.75, 3.05) is 44.2 Å². The van der Waals surface area contributed by atoms with Crippen LogP contribution in [-0.4, -0.2) is 61.3 Å². The lowest BCUT2D eigenvalue weighted by Gasteiger charge is -2.39. The summed E-state index contributed by atoms with van der Waals surface area (Å²) in [6, 6.07) is 5.52. The summed E-state index contributed by atoms with van der Waals surface area (Å²) < 4.78 is 28.8. The van der Waals surface area contributed by atoms with Gasteiger partial charge in [-0.25, -0.2) is 4.98 Å². The van der Waals surface area contributed by atoms with E-state index in [4.69, 9.17) is 5.26 Å². The van der Waals surface area contributed by atoms with Crippen LogP contribution in [0.15, 0.2) is 18.3 Å². The van der Waals surface area contributed by atoms with Crippen molar-refractivity contribution in [1.29, 1.82) is 5.26 Å². The van der Waals surface area contributed by atoms with Crippen molar-refractivity contribution in [1.82, 2.24) is 13.6 Å². The van der Waals surface area contributed by atoms with Crippen molar-refractivity contribution in [2.45, 2.75) is 19.8 Å². The van der Waals surface area contributed by atoms with Gasteiger partial charge in [-0.3, -0.25) is 0 Å². The highest BCUT2D eigenvalue weighted by molar-refractivity contribution is 7.86. The smallest absolute Gasteiger partial charge is 0.282 e. The van der Waals surface area contributed by atoms with Gasteiger partial charge in [0, 0.05) is 45.5 Å². The largest absolute Gasteiger partial charge is 0.354 e. The van der Waals surface area contributed by atoms with Crippen molar-refractivity contribution >= 4 is 16.0 Å². The summed E-state index contributed by atoms with van der Waals surface area (Å²) in [6.45, 7) is 5.42. The maximum absolute atomic E-state index is 12.8. The molecule has 24 heavy (non-hydrogen) atoms. The van der Waals surface area contributed by atoms with E-state index in [1.807, 2.05) is 4.90 Å². The highest BCUT2D eigenvalue weighted by Crippen LogP contribution is 2.22. The number of rotatable bonds is 3. The molecule has 3 rings (SSSR count). The van der Waals surface area contributed by atoms with Gasteiger partial charge in [0.2, 0.25) is 0 Å². The van der Waals surface area contributed by atoms with E-state index >= 15 is 0 Å². The Morgan fingerprint density at radius 2 is 1.96 bits per heavy atom. The minimum atomic E-state index is -3.37. The van der Waals surface area contributed by atoms with E-state index in [0.29, 0.717) is 50.7 Å². The average molecular weight is 349 g/mol. The lowest BCUT2D eigenvalue weighted by atomic mass is 10.0. The van der Waals surface area contributed by atoms with Gasteiger partial charge in [0.05, 0.1) is 11.6 Å². The van der Waals surface area contributed by atoms with E-state index in [2.05, 4.69) is 18.0 Å². The summed E-state index contributed by atoms with van der Waals surface area (Å²) in [6.07, 6.45) is 3.65. The molecule has 3 heterocycles. The van der Waals surface area contributed by atoms with Gasteiger partial charge in [-0.1, -0.05) is 6.92 Å². The third kappa shape index (κ3) is 3.53. The molecular formula is C16H23N5O2S. The molecule has 1 atom stereocenters. The molecule has 130 valence electrons. The van der Waals surface area contributed by atoms with Gasteiger partial charge < -0.3 is 4.90 Å². The number of anilines is 1. The third-order valence-electron chi connectivity index (χ3n) is 4.71. The van der Waals surface area contributed by atoms with Crippen LogP contribution in [0.5, 0.6) is 0 Å². The van der Waals surface area contributed by atoms with Crippen LogP contribution in [0.4, 0.5) is 5.82 Å². The van der Waals surface area contributed by atoms with Crippen molar-refractivity contribution in [3.8, 4) is 6.07 Å². The van der Waals surface area contributed by atoms with Crippen LogP contribution in [0.25, 0.3) is 0 Å². The number of aromatic nitrogens is 1. The van der Waals surface area contributed by atoms with Gasteiger partial charge in [-0.05, 0) is 30.9 Å². The summed E-state index contributed by atoms with van der Waals surface area (Å²) in [7, 11) is -3.37. The minimum Gasteiger partial charge on any atom is -0.354 e. The highest BCUT2D eigenvalue weighted by atomic mass is 32.2. The molecule has 0 radical (unpaired) electrons. The molecule has 0 aromatic carbocycles. The molecule has 0 spiro atoms. The second kappa shape index (κ2) is 7.05. The number of hydrogen-bond acceptors (Lipinski definition) is 5. The van der Waals surface area contributed by atoms with Gasteiger partial charge in [-0.15, -0.1) is 0 Å². The average Bonchev–Trinajstić information content (AvgIpc) is 2.62. The molecule has 1 aromatic heterocycles. The Hall–Kier alpha value is -1.69. The maximum atomic E-state index is 12.8.